The van der Waals surface area contributed by atoms with Crippen molar-refractivity contribution >= 4 is 10.6 Å². The number of nitrogens with zero attached hydrogens (tertiary/aromatic N) is 2. The van der Waals surface area contributed by atoms with Crippen molar-refractivity contribution in [3.63, 3.8) is 0 Å². The lowest BCUT2D eigenvalue weighted by Crippen LogP contribution is -1.96. The molecule has 0 aliphatic carbocycles. The molecule has 0 radical (unpaired) electrons. The fourth-order valence-electron chi connectivity index (χ4n) is 4.26. The van der Waals surface area contributed by atoms with Crippen LogP contribution in [0, 0.1) is 12.7 Å². The number of benzene rings is 2. The summed E-state index contributed by atoms with van der Waals surface area (Å²) in [5.74, 6) is 1.03. The van der Waals surface area contributed by atoms with Gasteiger partial charge in [0.1, 0.15) is 11.6 Å². The summed E-state index contributed by atoms with van der Waals surface area (Å²) in [4.78, 5) is 13.5. The van der Waals surface area contributed by atoms with Crippen molar-refractivity contribution in [1.82, 2.24) is 15.0 Å². The van der Waals surface area contributed by atoms with Crippen LogP contribution in [0.2, 0.25) is 0 Å². The molecule has 0 atom stereocenters. The Morgan fingerprint density at radius 2 is 1.79 bits per heavy atom. The van der Waals surface area contributed by atoms with Crippen molar-refractivity contribution < 1.29 is 13.5 Å². The highest BCUT2D eigenvalue weighted by molar-refractivity contribution is 8.24. The third kappa shape index (κ3) is 3.97. The van der Waals surface area contributed by atoms with Crippen LogP contribution >= 0.6 is 10.6 Å². The lowest BCUT2D eigenvalue weighted by molar-refractivity contribution is 0.492. The quantitative estimate of drug-likeness (QED) is 0.303. The molecule has 5 nitrogen and oxygen atoms in total. The van der Waals surface area contributed by atoms with E-state index in [-0.39, 0.29) is 11.7 Å². The van der Waals surface area contributed by atoms with E-state index in [1.807, 2.05) is 37.3 Å². The van der Waals surface area contributed by atoms with Gasteiger partial charge < -0.3 is 4.98 Å². The smallest absolute Gasteiger partial charge is 0.131 e. The molecule has 7 heteroatoms. The molecule has 0 spiro atoms. The van der Waals surface area contributed by atoms with Crippen LogP contribution < -0.4 is 0 Å². The molecule has 1 aliphatic rings. The number of H-pyrrole nitrogens is 1. The van der Waals surface area contributed by atoms with Crippen molar-refractivity contribution in [2.24, 2.45) is 0 Å². The van der Waals surface area contributed by atoms with Gasteiger partial charge >= 0.3 is 0 Å². The monoisotopic (exact) mass is 463 g/mol. The highest BCUT2D eigenvalue weighted by Gasteiger charge is 2.27. The molecule has 0 fully saturated rings. The fourth-order valence-corrected chi connectivity index (χ4v) is 5.85. The minimum absolute atomic E-state index is 0.193. The van der Waals surface area contributed by atoms with Gasteiger partial charge in [-0.25, -0.2) is 9.37 Å². The zero-order chi connectivity index (χ0) is 23.3. The number of aromatic amines is 1. The van der Waals surface area contributed by atoms with E-state index < -0.39 is 10.6 Å². The SMILES string of the molecule is Cc1cccc(-c2[nH]c(C(C)C)nc2-c2ccc(F)c(-c3ccc4c(c3)CCS4(O)O)c2)n1. The average molecular weight is 464 g/mol. The van der Waals surface area contributed by atoms with Crippen LogP contribution in [0.5, 0.6) is 0 Å². The Morgan fingerprint density at radius 3 is 2.55 bits per heavy atom. The fraction of sp³-hybridized carbons (Fsp3) is 0.231. The molecule has 4 aromatic rings. The Bertz CT molecular complexity index is 1360. The maximum Gasteiger partial charge on any atom is 0.131 e. The van der Waals surface area contributed by atoms with Crippen molar-refractivity contribution in [3.8, 4) is 33.8 Å². The number of rotatable bonds is 4. The maximum atomic E-state index is 15.0. The first-order valence-electron chi connectivity index (χ1n) is 11.0. The average Bonchev–Trinajstić information content (AvgIpc) is 3.36. The summed E-state index contributed by atoms with van der Waals surface area (Å²) in [7, 11) is -2.73. The van der Waals surface area contributed by atoms with E-state index in [9.17, 15) is 13.5 Å². The van der Waals surface area contributed by atoms with Gasteiger partial charge in [-0.3, -0.25) is 14.1 Å². The molecule has 0 amide bonds. The number of aryl methyl sites for hydroxylation is 2. The van der Waals surface area contributed by atoms with E-state index in [1.54, 1.807) is 18.2 Å². The number of hydrogen-bond acceptors (Lipinski definition) is 4. The van der Waals surface area contributed by atoms with E-state index in [0.717, 1.165) is 39.7 Å². The summed E-state index contributed by atoms with van der Waals surface area (Å²) in [5, 5.41) is 0. The molecular formula is C26H26FN3O2S. The summed E-state index contributed by atoms with van der Waals surface area (Å²) >= 11 is 0. The van der Waals surface area contributed by atoms with Gasteiger partial charge in [-0.1, -0.05) is 26.0 Å². The zero-order valence-electron chi connectivity index (χ0n) is 18.8. The van der Waals surface area contributed by atoms with Gasteiger partial charge in [0.05, 0.1) is 22.0 Å². The molecule has 0 saturated carbocycles. The minimum atomic E-state index is -2.73. The first kappa shape index (κ1) is 21.8. The molecule has 3 N–H and O–H groups in total. The Balaban J connectivity index is 1.63. The highest BCUT2D eigenvalue weighted by atomic mass is 32.3. The van der Waals surface area contributed by atoms with Gasteiger partial charge in [0.25, 0.3) is 0 Å². The second kappa shape index (κ2) is 8.09. The Hall–Kier alpha value is -3.00. The summed E-state index contributed by atoms with van der Waals surface area (Å²) in [6.07, 6.45) is 0.576. The maximum absolute atomic E-state index is 15.0. The summed E-state index contributed by atoms with van der Waals surface area (Å²) in [6, 6.07) is 16.2. The molecule has 170 valence electrons. The Morgan fingerprint density at radius 1 is 1.00 bits per heavy atom. The number of hydrogen-bond donors (Lipinski definition) is 3. The van der Waals surface area contributed by atoms with Gasteiger partial charge in [0.15, 0.2) is 0 Å². The van der Waals surface area contributed by atoms with E-state index in [4.69, 9.17) is 4.98 Å². The molecular weight excluding hydrogens is 437 g/mol. The predicted molar refractivity (Wildman–Crippen MR) is 131 cm³/mol. The standard InChI is InChI=1S/C26H26FN3O2S/c1-15(2)26-29-24(25(30-26)22-6-4-5-16(3)28-22)19-7-9-21(27)20(14-19)17-8-10-23-18(13-17)11-12-33(23,31)32/h4-10,13-15,31-32H,11-12H2,1-3H3,(H,29,30). The minimum Gasteiger partial charge on any atom is -0.340 e. The normalized spacial score (nSPS) is 15.6. The number of nitrogens with one attached hydrogen (secondary N) is 1. The number of aromatic nitrogens is 3. The third-order valence-corrected chi connectivity index (χ3v) is 7.91. The molecule has 0 saturated heterocycles. The van der Waals surface area contributed by atoms with Crippen LogP contribution in [0.4, 0.5) is 4.39 Å². The summed E-state index contributed by atoms with van der Waals surface area (Å²) in [5.41, 5.74) is 6.05. The van der Waals surface area contributed by atoms with Crippen LogP contribution in [0.25, 0.3) is 33.8 Å². The van der Waals surface area contributed by atoms with E-state index >= 15 is 0 Å². The van der Waals surface area contributed by atoms with Crippen LogP contribution in [0.1, 0.15) is 36.8 Å². The van der Waals surface area contributed by atoms with Crippen molar-refractivity contribution in [2.75, 3.05) is 5.75 Å². The largest absolute Gasteiger partial charge is 0.340 e. The van der Waals surface area contributed by atoms with E-state index in [2.05, 4.69) is 23.8 Å². The summed E-state index contributed by atoms with van der Waals surface area (Å²) in [6.45, 7) is 6.09. The van der Waals surface area contributed by atoms with Gasteiger partial charge in [0.2, 0.25) is 0 Å². The number of halogens is 1. The second-order valence-corrected chi connectivity index (χ2v) is 11.0. The van der Waals surface area contributed by atoms with E-state index in [0.29, 0.717) is 28.2 Å². The molecule has 2 aromatic heterocycles. The second-order valence-electron chi connectivity index (χ2n) is 8.80. The van der Waals surface area contributed by atoms with Crippen LogP contribution in [0.15, 0.2) is 59.5 Å². The first-order valence-corrected chi connectivity index (χ1v) is 12.7. The molecule has 3 heterocycles. The van der Waals surface area contributed by atoms with Crippen LogP contribution in [-0.4, -0.2) is 29.8 Å². The van der Waals surface area contributed by atoms with Gasteiger partial charge in [-0.05, 0) is 66.9 Å². The number of imidazole rings is 1. The summed E-state index contributed by atoms with van der Waals surface area (Å²) < 4.78 is 35.4. The lowest BCUT2D eigenvalue weighted by atomic mass is 9.98. The molecule has 5 rings (SSSR count). The van der Waals surface area contributed by atoms with Gasteiger partial charge in [-0.2, -0.15) is 10.6 Å². The Kier molecular flexibility index (Phi) is 5.35. The molecule has 2 aromatic carbocycles. The first-order chi connectivity index (χ1) is 15.7. The highest BCUT2D eigenvalue weighted by Crippen LogP contribution is 2.55. The third-order valence-electron chi connectivity index (χ3n) is 6.03. The lowest BCUT2D eigenvalue weighted by Gasteiger charge is -2.27. The van der Waals surface area contributed by atoms with Crippen molar-refractivity contribution in [1.29, 1.82) is 0 Å². The zero-order valence-corrected chi connectivity index (χ0v) is 19.6. The van der Waals surface area contributed by atoms with Crippen LogP contribution in [0.3, 0.4) is 0 Å². The molecule has 0 unspecified atom stereocenters. The number of fused-ring (bicyclic) bond motifs is 1. The number of pyridine rings is 1. The van der Waals surface area contributed by atoms with Gasteiger partial charge in [-0.15, -0.1) is 0 Å². The van der Waals surface area contributed by atoms with Gasteiger partial charge in [0, 0.05) is 28.5 Å². The molecule has 33 heavy (non-hydrogen) atoms. The van der Waals surface area contributed by atoms with Crippen LogP contribution in [-0.2, 0) is 6.42 Å². The molecule has 0 bridgehead atoms. The van der Waals surface area contributed by atoms with E-state index in [1.165, 1.54) is 6.07 Å². The molecule has 1 aliphatic heterocycles. The van der Waals surface area contributed by atoms with Crippen molar-refractivity contribution in [2.45, 2.75) is 38.0 Å². The predicted octanol–water partition coefficient (Wildman–Crippen LogP) is 7.04. The van der Waals surface area contributed by atoms with Crippen molar-refractivity contribution in [3.05, 3.63) is 77.5 Å². The topological polar surface area (TPSA) is 82.0 Å². The Labute approximate surface area is 194 Å².